The molecule has 1 aliphatic rings. The van der Waals surface area contributed by atoms with Gasteiger partial charge in [-0.25, -0.2) is 4.68 Å². The van der Waals surface area contributed by atoms with Crippen molar-refractivity contribution >= 4 is 0 Å². The Balaban J connectivity index is 1.61. The van der Waals surface area contributed by atoms with E-state index >= 15 is 0 Å². The summed E-state index contributed by atoms with van der Waals surface area (Å²) in [5, 5.41) is 7.85. The first kappa shape index (κ1) is 10.5. The maximum absolute atomic E-state index is 4.38. The molecule has 88 valence electrons. The second kappa shape index (κ2) is 4.72. The zero-order valence-corrected chi connectivity index (χ0v) is 9.84. The van der Waals surface area contributed by atoms with Crippen LogP contribution in [0.5, 0.6) is 0 Å². The molecule has 0 saturated heterocycles. The van der Waals surface area contributed by atoms with Crippen LogP contribution in [-0.2, 0) is 6.54 Å². The van der Waals surface area contributed by atoms with Crippen molar-refractivity contribution in [1.82, 2.24) is 15.1 Å². The van der Waals surface area contributed by atoms with Gasteiger partial charge in [0.25, 0.3) is 0 Å². The highest BCUT2D eigenvalue weighted by atomic mass is 15.3. The minimum Gasteiger partial charge on any atom is -0.312 e. The minimum absolute atomic E-state index is 0.920. The van der Waals surface area contributed by atoms with Gasteiger partial charge in [0.05, 0.1) is 11.9 Å². The van der Waals surface area contributed by atoms with E-state index in [1.165, 1.54) is 18.4 Å². The van der Waals surface area contributed by atoms with Crippen molar-refractivity contribution < 1.29 is 0 Å². The molecular weight excluding hydrogens is 210 g/mol. The Labute approximate surface area is 101 Å². The number of aromatic nitrogens is 2. The Kier molecular flexibility index (Phi) is 2.92. The van der Waals surface area contributed by atoms with E-state index in [0.717, 1.165) is 24.7 Å². The lowest BCUT2D eigenvalue weighted by Crippen LogP contribution is -2.15. The summed E-state index contributed by atoms with van der Waals surface area (Å²) < 4.78 is 1.92. The lowest BCUT2D eigenvalue weighted by molar-refractivity contribution is 0.638. The Morgan fingerprint density at radius 2 is 2.06 bits per heavy atom. The maximum atomic E-state index is 4.38. The van der Waals surface area contributed by atoms with Gasteiger partial charge in [-0.15, -0.1) is 0 Å². The summed E-state index contributed by atoms with van der Waals surface area (Å²) in [7, 11) is 0. The number of para-hydroxylation sites is 1. The van der Waals surface area contributed by atoms with Crippen molar-refractivity contribution in [2.75, 3.05) is 6.54 Å². The second-order valence-electron chi connectivity index (χ2n) is 4.70. The van der Waals surface area contributed by atoms with Crippen LogP contribution in [0.1, 0.15) is 18.4 Å². The molecule has 1 saturated carbocycles. The fraction of sp³-hybridized carbons (Fsp3) is 0.357. The van der Waals surface area contributed by atoms with Crippen LogP contribution < -0.4 is 5.32 Å². The Morgan fingerprint density at radius 1 is 1.24 bits per heavy atom. The predicted molar refractivity (Wildman–Crippen MR) is 68.0 cm³/mol. The van der Waals surface area contributed by atoms with E-state index in [9.17, 15) is 0 Å². The third-order valence-electron chi connectivity index (χ3n) is 3.12. The summed E-state index contributed by atoms with van der Waals surface area (Å²) in [5.41, 5.74) is 2.36. The molecule has 0 aliphatic heterocycles. The molecule has 3 rings (SSSR count). The van der Waals surface area contributed by atoms with Crippen molar-refractivity contribution in [2.45, 2.75) is 19.4 Å². The minimum atomic E-state index is 0.920. The molecule has 0 amide bonds. The number of hydrogen-bond acceptors (Lipinski definition) is 2. The molecule has 2 aromatic rings. The molecule has 0 spiro atoms. The monoisotopic (exact) mass is 227 g/mol. The van der Waals surface area contributed by atoms with Gasteiger partial charge in [-0.05, 0) is 37.4 Å². The lowest BCUT2D eigenvalue weighted by atomic mass is 10.3. The third-order valence-corrected chi connectivity index (χ3v) is 3.12. The van der Waals surface area contributed by atoms with Gasteiger partial charge in [0.2, 0.25) is 0 Å². The molecule has 0 atom stereocenters. The number of benzene rings is 1. The Hall–Kier alpha value is -1.61. The van der Waals surface area contributed by atoms with Crippen molar-refractivity contribution in [3.63, 3.8) is 0 Å². The van der Waals surface area contributed by atoms with E-state index in [4.69, 9.17) is 0 Å². The highest BCUT2D eigenvalue weighted by Gasteiger charge is 2.20. The zero-order chi connectivity index (χ0) is 11.5. The molecule has 1 aliphatic carbocycles. The van der Waals surface area contributed by atoms with Gasteiger partial charge in [0, 0.05) is 18.3 Å². The normalized spacial score (nSPS) is 15.1. The van der Waals surface area contributed by atoms with Gasteiger partial charge < -0.3 is 5.32 Å². The van der Waals surface area contributed by atoms with Crippen LogP contribution in [0.4, 0.5) is 0 Å². The molecule has 3 heteroatoms. The van der Waals surface area contributed by atoms with Crippen molar-refractivity contribution in [3.05, 3.63) is 48.3 Å². The summed E-state index contributed by atoms with van der Waals surface area (Å²) in [5.74, 6) is 0.930. The Morgan fingerprint density at radius 3 is 2.82 bits per heavy atom. The Bertz CT molecular complexity index is 471. The van der Waals surface area contributed by atoms with Crippen LogP contribution >= 0.6 is 0 Å². The van der Waals surface area contributed by atoms with Crippen molar-refractivity contribution in [2.24, 2.45) is 5.92 Å². The summed E-state index contributed by atoms with van der Waals surface area (Å²) in [6.45, 7) is 2.07. The standard InChI is InChI=1S/C14H17N3/c1-2-4-14(5-3-1)17-11-13(10-16-17)9-15-8-12-6-7-12/h1-5,10-12,15H,6-9H2. The largest absolute Gasteiger partial charge is 0.312 e. The molecule has 0 unspecified atom stereocenters. The first-order valence-electron chi connectivity index (χ1n) is 6.21. The molecule has 3 nitrogen and oxygen atoms in total. The number of nitrogens with one attached hydrogen (secondary N) is 1. The van der Waals surface area contributed by atoms with Crippen LogP contribution in [0, 0.1) is 5.92 Å². The first-order chi connectivity index (χ1) is 8.42. The highest BCUT2D eigenvalue weighted by molar-refractivity contribution is 5.30. The first-order valence-corrected chi connectivity index (χ1v) is 6.21. The molecule has 17 heavy (non-hydrogen) atoms. The number of nitrogens with zero attached hydrogens (tertiary/aromatic N) is 2. The lowest BCUT2D eigenvalue weighted by Gasteiger charge is -2.01. The summed E-state index contributed by atoms with van der Waals surface area (Å²) in [6, 6.07) is 10.2. The summed E-state index contributed by atoms with van der Waals surface area (Å²) in [6.07, 6.45) is 6.83. The smallest absolute Gasteiger partial charge is 0.0645 e. The fourth-order valence-corrected chi connectivity index (χ4v) is 1.92. The second-order valence-corrected chi connectivity index (χ2v) is 4.70. The van der Waals surface area contributed by atoms with E-state index in [2.05, 4.69) is 28.7 Å². The van der Waals surface area contributed by atoms with Gasteiger partial charge in [-0.2, -0.15) is 5.10 Å². The van der Waals surface area contributed by atoms with E-state index in [-0.39, 0.29) is 0 Å². The number of hydrogen-bond donors (Lipinski definition) is 1. The SMILES string of the molecule is c1ccc(-n2cc(CNCC3CC3)cn2)cc1. The van der Waals surface area contributed by atoms with Crippen molar-refractivity contribution in [1.29, 1.82) is 0 Å². The molecule has 1 heterocycles. The van der Waals surface area contributed by atoms with Gasteiger partial charge in [-0.3, -0.25) is 0 Å². The molecule has 1 fully saturated rings. The molecular formula is C14H17N3. The predicted octanol–water partition coefficient (Wildman–Crippen LogP) is 2.37. The van der Waals surface area contributed by atoms with Crippen LogP contribution in [-0.4, -0.2) is 16.3 Å². The molecule has 0 radical (unpaired) electrons. The zero-order valence-electron chi connectivity index (χ0n) is 9.84. The van der Waals surface area contributed by atoms with Gasteiger partial charge in [0.1, 0.15) is 0 Å². The molecule has 1 N–H and O–H groups in total. The van der Waals surface area contributed by atoms with Gasteiger partial charge in [0.15, 0.2) is 0 Å². The summed E-state index contributed by atoms with van der Waals surface area (Å²) in [4.78, 5) is 0. The molecule has 0 bridgehead atoms. The van der Waals surface area contributed by atoms with Crippen molar-refractivity contribution in [3.8, 4) is 5.69 Å². The quantitative estimate of drug-likeness (QED) is 0.850. The van der Waals surface area contributed by atoms with Crippen LogP contribution in [0.25, 0.3) is 5.69 Å². The number of rotatable bonds is 5. The van der Waals surface area contributed by atoms with Crippen LogP contribution in [0.3, 0.4) is 0 Å². The van der Waals surface area contributed by atoms with Gasteiger partial charge >= 0.3 is 0 Å². The van der Waals surface area contributed by atoms with E-state index < -0.39 is 0 Å². The van der Waals surface area contributed by atoms with E-state index in [1.54, 1.807) is 0 Å². The topological polar surface area (TPSA) is 29.9 Å². The molecule has 1 aromatic carbocycles. The maximum Gasteiger partial charge on any atom is 0.0645 e. The van der Waals surface area contributed by atoms with Gasteiger partial charge in [-0.1, -0.05) is 18.2 Å². The average molecular weight is 227 g/mol. The van der Waals surface area contributed by atoms with E-state index in [0.29, 0.717) is 0 Å². The van der Waals surface area contributed by atoms with Crippen LogP contribution in [0.2, 0.25) is 0 Å². The molecule has 1 aromatic heterocycles. The third kappa shape index (κ3) is 2.74. The van der Waals surface area contributed by atoms with E-state index in [1.807, 2.05) is 29.1 Å². The van der Waals surface area contributed by atoms with Crippen LogP contribution in [0.15, 0.2) is 42.7 Å². The fourth-order valence-electron chi connectivity index (χ4n) is 1.92. The highest BCUT2D eigenvalue weighted by Crippen LogP contribution is 2.27. The summed E-state index contributed by atoms with van der Waals surface area (Å²) >= 11 is 0. The average Bonchev–Trinajstić information content (AvgIpc) is 3.07.